The molecule has 0 aliphatic rings. The molecule has 0 aliphatic heterocycles. The average Bonchev–Trinajstić information content (AvgIpc) is 2.71. The van der Waals surface area contributed by atoms with Crippen LogP contribution in [0.15, 0.2) is 77.7 Å². The quantitative estimate of drug-likeness (QED) is 0.530. The highest BCUT2D eigenvalue weighted by Crippen LogP contribution is 2.24. The molecule has 0 amide bonds. The van der Waals surface area contributed by atoms with Crippen LogP contribution in [0.1, 0.15) is 0 Å². The topological polar surface area (TPSA) is 61.4 Å². The highest BCUT2D eigenvalue weighted by atomic mass is 35.5. The molecule has 0 atom stereocenters. The summed E-state index contributed by atoms with van der Waals surface area (Å²) in [4.78, 5) is 0.112. The van der Waals surface area contributed by atoms with Crippen molar-refractivity contribution in [3.63, 3.8) is 0 Å². The van der Waals surface area contributed by atoms with Gasteiger partial charge in [-0.05, 0) is 60.7 Å². The van der Waals surface area contributed by atoms with Crippen molar-refractivity contribution >= 4 is 56.0 Å². The van der Waals surface area contributed by atoms with Crippen LogP contribution in [-0.2, 0) is 10.0 Å². The van der Waals surface area contributed by atoms with Gasteiger partial charge in [0.05, 0.1) is 15.6 Å². The van der Waals surface area contributed by atoms with Gasteiger partial charge in [0.2, 0.25) is 0 Å². The predicted octanol–water partition coefficient (Wildman–Crippen LogP) is 5.11. The highest BCUT2D eigenvalue weighted by molar-refractivity contribution is 7.92. The van der Waals surface area contributed by atoms with Crippen LogP contribution >= 0.6 is 23.8 Å². The van der Waals surface area contributed by atoms with Crippen molar-refractivity contribution in [2.24, 2.45) is 0 Å². The van der Waals surface area contributed by atoms with Crippen molar-refractivity contribution in [1.29, 1.82) is 0 Å². The minimum atomic E-state index is -3.75. The Morgan fingerprint density at radius 2 is 1.62 bits per heavy atom. The van der Waals surface area contributed by atoms with E-state index in [1.807, 2.05) is 6.07 Å². The molecule has 9 heteroatoms. The van der Waals surface area contributed by atoms with Gasteiger partial charge in [-0.1, -0.05) is 35.9 Å². The maximum Gasteiger partial charge on any atom is 0.264 e. The Morgan fingerprint density at radius 1 is 0.966 bits per heavy atom. The summed E-state index contributed by atoms with van der Waals surface area (Å²) in [6, 6.07) is 19.2. The number of halogens is 2. The number of rotatable bonds is 5. The monoisotopic (exact) mass is 449 g/mol. The van der Waals surface area contributed by atoms with Crippen LogP contribution in [-0.4, -0.2) is 20.6 Å². The number of nitrogens with one attached hydrogen (secondary N) is 2. The van der Waals surface area contributed by atoms with Gasteiger partial charge in [-0.15, -0.1) is 0 Å². The van der Waals surface area contributed by atoms with Gasteiger partial charge in [-0.3, -0.25) is 4.31 Å². The van der Waals surface area contributed by atoms with Crippen molar-refractivity contribution in [3.05, 3.63) is 83.6 Å². The van der Waals surface area contributed by atoms with E-state index in [0.29, 0.717) is 17.1 Å². The molecular weight excluding hydrogens is 433 g/mol. The third kappa shape index (κ3) is 5.03. The Morgan fingerprint density at radius 3 is 2.28 bits per heavy atom. The molecule has 2 N–H and O–H groups in total. The summed E-state index contributed by atoms with van der Waals surface area (Å²) in [5.41, 5.74) is 1.54. The van der Waals surface area contributed by atoms with Gasteiger partial charge in [0.25, 0.3) is 10.0 Å². The smallest absolute Gasteiger partial charge is 0.264 e. The van der Waals surface area contributed by atoms with Crippen LogP contribution in [0.25, 0.3) is 0 Å². The Hall–Kier alpha value is -2.68. The predicted molar refractivity (Wildman–Crippen MR) is 120 cm³/mol. The van der Waals surface area contributed by atoms with Gasteiger partial charge in [-0.2, -0.15) is 0 Å². The molecule has 150 valence electrons. The van der Waals surface area contributed by atoms with E-state index in [2.05, 4.69) is 10.6 Å². The lowest BCUT2D eigenvalue weighted by atomic mass is 10.3. The molecule has 0 aromatic heterocycles. The summed E-state index contributed by atoms with van der Waals surface area (Å²) in [5.74, 6) is -0.531. The first-order valence-corrected chi connectivity index (χ1v) is 10.7. The number of nitrogens with zero attached hydrogens (tertiary/aromatic N) is 1. The Kier molecular flexibility index (Phi) is 6.36. The minimum Gasteiger partial charge on any atom is -0.332 e. The molecule has 5 nitrogen and oxygen atoms in total. The summed E-state index contributed by atoms with van der Waals surface area (Å²) in [6.45, 7) is 0. The van der Waals surface area contributed by atoms with Gasteiger partial charge in [0.15, 0.2) is 5.11 Å². The molecule has 29 heavy (non-hydrogen) atoms. The van der Waals surface area contributed by atoms with E-state index in [4.69, 9.17) is 23.8 Å². The molecular formula is C20H17ClFN3O2S2. The number of anilines is 3. The summed E-state index contributed by atoms with van der Waals surface area (Å²) in [7, 11) is -2.25. The summed E-state index contributed by atoms with van der Waals surface area (Å²) >= 11 is 11.0. The van der Waals surface area contributed by atoms with Gasteiger partial charge < -0.3 is 10.6 Å². The summed E-state index contributed by atoms with van der Waals surface area (Å²) < 4.78 is 40.3. The second-order valence-electron chi connectivity index (χ2n) is 6.04. The average molecular weight is 450 g/mol. The number of para-hydroxylation sites is 1. The second-order valence-corrected chi connectivity index (χ2v) is 8.83. The molecule has 3 aromatic rings. The zero-order valence-electron chi connectivity index (χ0n) is 15.3. The van der Waals surface area contributed by atoms with Gasteiger partial charge >= 0.3 is 0 Å². The lowest BCUT2D eigenvalue weighted by Gasteiger charge is -2.20. The molecule has 0 radical (unpaired) electrons. The zero-order valence-corrected chi connectivity index (χ0v) is 17.7. The molecule has 0 fully saturated rings. The van der Waals surface area contributed by atoms with Crippen molar-refractivity contribution in [2.75, 3.05) is 22.0 Å². The Bertz CT molecular complexity index is 1140. The molecule has 0 bridgehead atoms. The number of sulfonamides is 1. The van der Waals surface area contributed by atoms with Crippen molar-refractivity contribution in [2.45, 2.75) is 4.90 Å². The first-order chi connectivity index (χ1) is 13.8. The Balaban J connectivity index is 1.76. The molecule has 3 aromatic carbocycles. The fourth-order valence-corrected chi connectivity index (χ4v) is 4.19. The van der Waals surface area contributed by atoms with E-state index in [-0.39, 0.29) is 15.0 Å². The molecule has 0 saturated heterocycles. The third-order valence-electron chi connectivity index (χ3n) is 4.05. The molecule has 0 saturated carbocycles. The maximum absolute atomic E-state index is 13.3. The van der Waals surface area contributed by atoms with E-state index in [9.17, 15) is 12.8 Å². The van der Waals surface area contributed by atoms with Crippen LogP contribution < -0.4 is 14.9 Å². The Labute approximate surface area is 179 Å². The van der Waals surface area contributed by atoms with E-state index in [1.54, 1.807) is 36.4 Å². The van der Waals surface area contributed by atoms with E-state index >= 15 is 0 Å². The van der Waals surface area contributed by atoms with Gasteiger partial charge in [-0.25, -0.2) is 12.8 Å². The van der Waals surface area contributed by atoms with Crippen molar-refractivity contribution < 1.29 is 12.8 Å². The van der Waals surface area contributed by atoms with Crippen LogP contribution in [0, 0.1) is 5.82 Å². The summed E-state index contributed by atoms with van der Waals surface area (Å²) in [6.07, 6.45) is 0. The first kappa shape index (κ1) is 21.0. The van der Waals surface area contributed by atoms with Crippen LogP contribution in [0.5, 0.6) is 0 Å². The number of benzene rings is 3. The SMILES string of the molecule is CN(c1ccccc1)S(=O)(=O)c1cccc(NC(=S)Nc2ccc(F)c(Cl)c2)c1. The fourth-order valence-electron chi connectivity index (χ4n) is 2.54. The third-order valence-corrected chi connectivity index (χ3v) is 6.32. The second kappa shape index (κ2) is 8.77. The van der Waals surface area contributed by atoms with E-state index in [0.717, 1.165) is 0 Å². The summed E-state index contributed by atoms with van der Waals surface area (Å²) in [5, 5.41) is 5.97. The molecule has 0 heterocycles. The number of hydrogen-bond acceptors (Lipinski definition) is 3. The molecule has 0 aliphatic carbocycles. The van der Waals surface area contributed by atoms with E-state index < -0.39 is 15.8 Å². The number of thiocarbonyl (C=S) groups is 1. The van der Waals surface area contributed by atoms with Crippen molar-refractivity contribution in [1.82, 2.24) is 0 Å². The number of hydrogen-bond donors (Lipinski definition) is 2. The van der Waals surface area contributed by atoms with E-state index in [1.165, 1.54) is 41.7 Å². The lowest BCUT2D eigenvalue weighted by molar-refractivity contribution is 0.594. The minimum absolute atomic E-state index is 0.0326. The molecule has 0 spiro atoms. The first-order valence-electron chi connectivity index (χ1n) is 8.44. The highest BCUT2D eigenvalue weighted by Gasteiger charge is 2.21. The fraction of sp³-hybridized carbons (Fsp3) is 0.0500. The molecule has 3 rings (SSSR count). The zero-order chi connectivity index (χ0) is 21.0. The van der Waals surface area contributed by atoms with Crippen LogP contribution in [0.2, 0.25) is 5.02 Å². The standard InChI is InChI=1S/C20H17ClFN3O2S2/c1-25(16-7-3-2-4-8-16)29(26,27)17-9-5-6-14(12-17)23-20(28)24-15-10-11-19(22)18(21)13-15/h2-13H,1H3,(H2,23,24,28). The maximum atomic E-state index is 13.3. The molecule has 0 unspecified atom stereocenters. The lowest BCUT2D eigenvalue weighted by Crippen LogP contribution is -2.26. The van der Waals surface area contributed by atoms with Crippen LogP contribution in [0.3, 0.4) is 0 Å². The normalized spacial score (nSPS) is 11.0. The van der Waals surface area contributed by atoms with Crippen LogP contribution in [0.4, 0.5) is 21.5 Å². The largest absolute Gasteiger partial charge is 0.332 e. The van der Waals surface area contributed by atoms with Crippen molar-refractivity contribution in [3.8, 4) is 0 Å². The van der Waals surface area contributed by atoms with Gasteiger partial charge in [0.1, 0.15) is 5.82 Å². The van der Waals surface area contributed by atoms with Gasteiger partial charge in [0, 0.05) is 18.4 Å².